The highest BCUT2D eigenvalue weighted by Crippen LogP contribution is 2.30. The van der Waals surface area contributed by atoms with Crippen molar-refractivity contribution in [3.63, 3.8) is 0 Å². The minimum absolute atomic E-state index is 0.147. The van der Waals surface area contributed by atoms with Crippen molar-refractivity contribution < 1.29 is 14.3 Å². The molecule has 1 fully saturated rings. The summed E-state index contributed by atoms with van der Waals surface area (Å²) in [5, 5.41) is 5.43. The van der Waals surface area contributed by atoms with Gasteiger partial charge in [-0.05, 0) is 37.3 Å². The number of amides is 1. The number of H-pyrrole nitrogens is 1. The van der Waals surface area contributed by atoms with Crippen molar-refractivity contribution in [3.05, 3.63) is 52.6 Å². The Hall–Kier alpha value is -3.13. The average Bonchev–Trinajstić information content (AvgIpc) is 3.17. The van der Waals surface area contributed by atoms with Crippen molar-refractivity contribution in [1.82, 2.24) is 14.8 Å². The van der Waals surface area contributed by atoms with E-state index in [1.54, 1.807) is 11.1 Å². The summed E-state index contributed by atoms with van der Waals surface area (Å²) in [5.41, 5.74) is 2.27. The van der Waals surface area contributed by atoms with Crippen LogP contribution in [0.5, 0.6) is 5.75 Å². The van der Waals surface area contributed by atoms with E-state index >= 15 is 0 Å². The van der Waals surface area contributed by atoms with Gasteiger partial charge in [0.05, 0.1) is 6.20 Å². The number of nitrogens with one attached hydrogen (secondary N) is 1. The molecule has 8 heteroatoms. The lowest BCUT2D eigenvalue weighted by Crippen LogP contribution is -2.43. The monoisotopic (exact) mass is 394 g/mol. The SMILES string of the molecule is O=C1COc2c(cnn(C3CCCCO3)c2=O)N1CCc1c[nH]c2ccccc12. The minimum atomic E-state index is -0.373. The Balaban J connectivity index is 1.42. The van der Waals surface area contributed by atoms with Crippen LogP contribution >= 0.6 is 0 Å². The van der Waals surface area contributed by atoms with Gasteiger partial charge in [0.1, 0.15) is 5.69 Å². The number of carbonyl (C=O) groups excluding carboxylic acids is 1. The highest BCUT2D eigenvalue weighted by Gasteiger charge is 2.30. The van der Waals surface area contributed by atoms with Crippen molar-refractivity contribution in [2.75, 3.05) is 24.7 Å². The number of aromatic nitrogens is 3. The van der Waals surface area contributed by atoms with Crippen molar-refractivity contribution in [2.24, 2.45) is 0 Å². The van der Waals surface area contributed by atoms with Gasteiger partial charge in [0.2, 0.25) is 5.75 Å². The third-order valence-electron chi connectivity index (χ3n) is 5.58. The van der Waals surface area contributed by atoms with Crippen molar-refractivity contribution in [3.8, 4) is 5.75 Å². The van der Waals surface area contributed by atoms with Crippen LogP contribution < -0.4 is 15.2 Å². The van der Waals surface area contributed by atoms with E-state index in [4.69, 9.17) is 9.47 Å². The van der Waals surface area contributed by atoms with E-state index in [-0.39, 0.29) is 30.1 Å². The molecule has 1 N–H and O–H groups in total. The average molecular weight is 394 g/mol. The maximum atomic E-state index is 12.9. The van der Waals surface area contributed by atoms with Crippen LogP contribution in [0.2, 0.25) is 0 Å². The zero-order valence-corrected chi connectivity index (χ0v) is 16.0. The molecule has 2 aromatic heterocycles. The summed E-state index contributed by atoms with van der Waals surface area (Å²) in [6, 6.07) is 8.06. The third kappa shape index (κ3) is 3.19. The summed E-state index contributed by atoms with van der Waals surface area (Å²) < 4.78 is 12.5. The highest BCUT2D eigenvalue weighted by atomic mass is 16.5. The Morgan fingerprint density at radius 2 is 2.10 bits per heavy atom. The Morgan fingerprint density at radius 3 is 2.97 bits per heavy atom. The van der Waals surface area contributed by atoms with E-state index in [2.05, 4.69) is 16.1 Å². The first-order chi connectivity index (χ1) is 14.2. The Bertz CT molecular complexity index is 1110. The topological polar surface area (TPSA) is 89.4 Å². The molecule has 1 amide bonds. The summed E-state index contributed by atoms with van der Waals surface area (Å²) in [5.74, 6) is -0.00194. The van der Waals surface area contributed by atoms with Crippen molar-refractivity contribution >= 4 is 22.5 Å². The summed E-state index contributed by atoms with van der Waals surface area (Å²) in [7, 11) is 0. The Morgan fingerprint density at radius 1 is 1.21 bits per heavy atom. The van der Waals surface area contributed by atoms with Gasteiger partial charge in [0, 0.05) is 30.3 Å². The molecule has 1 atom stereocenters. The molecule has 0 aliphatic carbocycles. The minimum Gasteiger partial charge on any atom is -0.476 e. The molecule has 4 heterocycles. The number of ether oxygens (including phenoxy) is 2. The fraction of sp³-hybridized carbons (Fsp3) is 0.381. The van der Waals surface area contributed by atoms with Crippen molar-refractivity contribution in [2.45, 2.75) is 31.9 Å². The van der Waals surface area contributed by atoms with Crippen LogP contribution in [0.15, 0.2) is 41.5 Å². The van der Waals surface area contributed by atoms with E-state index in [9.17, 15) is 9.59 Å². The molecule has 0 spiro atoms. The second-order valence-corrected chi connectivity index (χ2v) is 7.37. The molecule has 0 radical (unpaired) electrons. The number of aromatic amines is 1. The molecule has 8 nitrogen and oxygen atoms in total. The van der Waals surface area contributed by atoms with Crippen LogP contribution in [-0.2, 0) is 16.0 Å². The van der Waals surface area contributed by atoms with E-state index in [0.717, 1.165) is 35.7 Å². The maximum absolute atomic E-state index is 12.9. The van der Waals surface area contributed by atoms with Crippen LogP contribution in [0.4, 0.5) is 5.69 Å². The molecule has 0 bridgehead atoms. The number of carbonyl (C=O) groups is 1. The molecule has 29 heavy (non-hydrogen) atoms. The lowest BCUT2D eigenvalue weighted by Gasteiger charge is -2.30. The number of para-hydroxylation sites is 1. The maximum Gasteiger partial charge on any atom is 0.313 e. The lowest BCUT2D eigenvalue weighted by molar-refractivity contribution is -0.121. The summed E-state index contributed by atoms with van der Waals surface area (Å²) in [4.78, 5) is 30.3. The molecule has 2 aliphatic rings. The molecule has 3 aromatic rings. The van der Waals surface area contributed by atoms with Crippen LogP contribution in [0, 0.1) is 0 Å². The third-order valence-corrected chi connectivity index (χ3v) is 5.58. The normalized spacial score (nSPS) is 19.2. The summed E-state index contributed by atoms with van der Waals surface area (Å²) in [6.45, 7) is 0.916. The second-order valence-electron chi connectivity index (χ2n) is 7.37. The van der Waals surface area contributed by atoms with Crippen LogP contribution in [0.1, 0.15) is 31.1 Å². The Kier molecular flexibility index (Phi) is 4.55. The first-order valence-corrected chi connectivity index (χ1v) is 9.94. The number of hydrogen-bond acceptors (Lipinski definition) is 5. The molecular formula is C21H22N4O4. The number of rotatable bonds is 4. The van der Waals surface area contributed by atoms with Gasteiger partial charge in [0.25, 0.3) is 5.91 Å². The van der Waals surface area contributed by atoms with Gasteiger partial charge in [-0.2, -0.15) is 9.78 Å². The van der Waals surface area contributed by atoms with Crippen LogP contribution in [-0.4, -0.2) is 40.4 Å². The summed E-state index contributed by atoms with van der Waals surface area (Å²) >= 11 is 0. The Labute approximate surface area is 167 Å². The van der Waals surface area contributed by atoms with Gasteiger partial charge in [0.15, 0.2) is 12.8 Å². The smallest absolute Gasteiger partial charge is 0.313 e. The predicted molar refractivity (Wildman–Crippen MR) is 107 cm³/mol. The number of nitrogens with zero attached hydrogens (tertiary/aromatic N) is 3. The fourth-order valence-electron chi connectivity index (χ4n) is 4.05. The number of benzene rings is 1. The van der Waals surface area contributed by atoms with Gasteiger partial charge in [-0.25, -0.2) is 0 Å². The quantitative estimate of drug-likeness (QED) is 0.734. The fourth-order valence-corrected chi connectivity index (χ4v) is 4.05. The van der Waals surface area contributed by atoms with Gasteiger partial charge in [-0.3, -0.25) is 9.59 Å². The van der Waals surface area contributed by atoms with E-state index in [1.807, 2.05) is 24.4 Å². The zero-order valence-electron chi connectivity index (χ0n) is 16.0. The van der Waals surface area contributed by atoms with Gasteiger partial charge < -0.3 is 19.4 Å². The van der Waals surface area contributed by atoms with E-state index in [1.165, 1.54) is 4.68 Å². The second kappa shape index (κ2) is 7.36. The number of hydrogen-bond donors (Lipinski definition) is 1. The molecule has 1 unspecified atom stereocenters. The highest BCUT2D eigenvalue weighted by molar-refractivity contribution is 5.97. The standard InChI is InChI=1S/C21H22N4O4/c26-18-13-29-20-17(12-23-25(21(20)27)19-7-3-4-10-28-19)24(18)9-8-14-11-22-16-6-2-1-5-15(14)16/h1-2,5-6,11-12,19,22H,3-4,7-10,13H2. The first kappa shape index (κ1) is 17.9. The van der Waals surface area contributed by atoms with E-state index in [0.29, 0.717) is 25.3 Å². The van der Waals surface area contributed by atoms with Gasteiger partial charge in [-0.15, -0.1) is 0 Å². The predicted octanol–water partition coefficient (Wildman–Crippen LogP) is 2.39. The van der Waals surface area contributed by atoms with E-state index < -0.39 is 0 Å². The molecule has 2 aliphatic heterocycles. The molecular weight excluding hydrogens is 372 g/mol. The van der Waals surface area contributed by atoms with Crippen LogP contribution in [0.25, 0.3) is 10.9 Å². The summed E-state index contributed by atoms with van der Waals surface area (Å²) in [6.07, 6.45) is 6.52. The largest absolute Gasteiger partial charge is 0.476 e. The molecule has 1 saturated heterocycles. The molecule has 0 saturated carbocycles. The molecule has 1 aromatic carbocycles. The zero-order chi connectivity index (χ0) is 19.8. The number of fused-ring (bicyclic) bond motifs is 2. The number of anilines is 1. The van der Waals surface area contributed by atoms with Gasteiger partial charge in [-0.1, -0.05) is 18.2 Å². The van der Waals surface area contributed by atoms with Crippen LogP contribution in [0.3, 0.4) is 0 Å². The van der Waals surface area contributed by atoms with Gasteiger partial charge >= 0.3 is 5.56 Å². The molecule has 5 rings (SSSR count). The molecule has 150 valence electrons. The van der Waals surface area contributed by atoms with Crippen molar-refractivity contribution in [1.29, 1.82) is 0 Å². The first-order valence-electron chi connectivity index (χ1n) is 9.94. The lowest BCUT2D eigenvalue weighted by atomic mass is 10.1.